The fraction of sp³-hybridized carbons (Fsp3) is 0.833. The number of guanidine groups is 1. The third-order valence-corrected chi connectivity index (χ3v) is 5.39. The van der Waals surface area contributed by atoms with E-state index in [4.69, 9.17) is 9.52 Å². The zero-order chi connectivity index (χ0) is 16.8. The summed E-state index contributed by atoms with van der Waals surface area (Å²) in [6, 6.07) is 0. The van der Waals surface area contributed by atoms with Gasteiger partial charge in [-0.25, -0.2) is 4.99 Å². The minimum Gasteiger partial charge on any atom is -0.357 e. The molecule has 0 bridgehead atoms. The van der Waals surface area contributed by atoms with Gasteiger partial charge in [-0.3, -0.25) is 0 Å². The van der Waals surface area contributed by atoms with Crippen molar-refractivity contribution in [3.63, 3.8) is 0 Å². The zero-order valence-electron chi connectivity index (χ0n) is 15.6. The van der Waals surface area contributed by atoms with Crippen LogP contribution >= 0.6 is 24.0 Å². The van der Waals surface area contributed by atoms with Crippen LogP contribution in [-0.2, 0) is 6.54 Å². The first-order chi connectivity index (χ1) is 11.7. The highest BCUT2D eigenvalue weighted by Crippen LogP contribution is 2.42. The summed E-state index contributed by atoms with van der Waals surface area (Å²) in [5, 5.41) is 7.30. The van der Waals surface area contributed by atoms with Gasteiger partial charge in [-0.05, 0) is 44.9 Å². The lowest BCUT2D eigenvalue weighted by Gasteiger charge is -2.44. The van der Waals surface area contributed by atoms with Gasteiger partial charge < -0.3 is 14.7 Å². The maximum absolute atomic E-state index is 5.19. The molecule has 2 fully saturated rings. The summed E-state index contributed by atoms with van der Waals surface area (Å²) in [5.74, 6) is 2.25. The van der Waals surface area contributed by atoms with E-state index in [1.54, 1.807) is 0 Å². The molecule has 25 heavy (non-hydrogen) atoms. The van der Waals surface area contributed by atoms with Crippen molar-refractivity contribution >= 4 is 29.9 Å². The normalized spacial score (nSPS) is 20.9. The monoisotopic (exact) mass is 461 g/mol. The quantitative estimate of drug-likeness (QED) is 0.420. The molecule has 6 nitrogen and oxygen atoms in total. The molecule has 1 aliphatic heterocycles. The van der Waals surface area contributed by atoms with Gasteiger partial charge in [0.15, 0.2) is 11.8 Å². The van der Waals surface area contributed by atoms with E-state index in [0.717, 1.165) is 25.6 Å². The molecule has 0 atom stereocenters. The Hall–Kier alpha value is -0.860. The number of hydrogen-bond acceptors (Lipinski definition) is 4. The molecule has 1 N–H and O–H groups in total. The van der Waals surface area contributed by atoms with E-state index >= 15 is 0 Å². The SMILES string of the molecule is CCNC(=NCc1nc(C)no1)N1CCCC2(CCCCCC2)C1.I. The van der Waals surface area contributed by atoms with Crippen LogP contribution in [0.5, 0.6) is 0 Å². The third kappa shape index (κ3) is 5.56. The molecule has 1 saturated carbocycles. The van der Waals surface area contributed by atoms with Crippen molar-refractivity contribution in [3.8, 4) is 0 Å². The van der Waals surface area contributed by atoms with Gasteiger partial charge in [0.2, 0.25) is 5.89 Å². The predicted octanol–water partition coefficient (Wildman–Crippen LogP) is 3.90. The minimum atomic E-state index is 0. The number of aliphatic imine (C=N–C) groups is 1. The van der Waals surface area contributed by atoms with E-state index in [1.165, 1.54) is 51.4 Å². The van der Waals surface area contributed by atoms with Crippen LogP contribution < -0.4 is 5.32 Å². The highest BCUT2D eigenvalue weighted by atomic mass is 127. The first kappa shape index (κ1) is 20.5. The summed E-state index contributed by atoms with van der Waals surface area (Å²) in [4.78, 5) is 11.5. The fourth-order valence-electron chi connectivity index (χ4n) is 4.25. The highest BCUT2D eigenvalue weighted by Gasteiger charge is 2.36. The van der Waals surface area contributed by atoms with Gasteiger partial charge in [-0.1, -0.05) is 30.8 Å². The van der Waals surface area contributed by atoms with Gasteiger partial charge >= 0.3 is 0 Å². The lowest BCUT2D eigenvalue weighted by molar-refractivity contribution is 0.115. The van der Waals surface area contributed by atoms with Crippen LogP contribution in [0.4, 0.5) is 0 Å². The molecule has 7 heteroatoms. The molecule has 0 unspecified atom stereocenters. The van der Waals surface area contributed by atoms with Crippen LogP contribution in [0.3, 0.4) is 0 Å². The van der Waals surface area contributed by atoms with Crippen molar-refractivity contribution in [3.05, 3.63) is 11.7 Å². The summed E-state index contributed by atoms with van der Waals surface area (Å²) in [6.07, 6.45) is 11.0. The number of hydrogen-bond donors (Lipinski definition) is 1. The third-order valence-electron chi connectivity index (χ3n) is 5.39. The van der Waals surface area contributed by atoms with E-state index in [2.05, 4.69) is 27.3 Å². The molecule has 2 heterocycles. The van der Waals surface area contributed by atoms with Crippen LogP contribution in [0.1, 0.15) is 70.0 Å². The fourth-order valence-corrected chi connectivity index (χ4v) is 4.25. The smallest absolute Gasteiger partial charge is 0.248 e. The van der Waals surface area contributed by atoms with Crippen LogP contribution in [0.25, 0.3) is 0 Å². The molecule has 0 radical (unpaired) electrons. The summed E-state index contributed by atoms with van der Waals surface area (Å²) < 4.78 is 5.19. The Labute approximate surface area is 168 Å². The molecular formula is C18H32IN5O. The van der Waals surface area contributed by atoms with Crippen molar-refractivity contribution < 1.29 is 4.52 Å². The van der Waals surface area contributed by atoms with E-state index in [1.807, 2.05) is 6.92 Å². The van der Waals surface area contributed by atoms with E-state index in [0.29, 0.717) is 23.7 Å². The van der Waals surface area contributed by atoms with Crippen molar-refractivity contribution in [2.45, 2.75) is 71.8 Å². The molecule has 1 saturated heterocycles. The standard InChI is InChI=1S/C18H31N5O.HI/c1-3-19-17(20-13-16-21-15(2)22-24-16)23-12-8-11-18(14-23)9-6-4-5-7-10-18;/h3-14H2,1-2H3,(H,19,20);1H. The Morgan fingerprint density at radius 1 is 1.20 bits per heavy atom. The number of piperidine rings is 1. The molecule has 142 valence electrons. The number of likely N-dealkylation sites (tertiary alicyclic amines) is 1. The minimum absolute atomic E-state index is 0. The van der Waals surface area contributed by atoms with Crippen molar-refractivity contribution in [1.82, 2.24) is 20.4 Å². The molecule has 1 aromatic heterocycles. The number of nitrogens with one attached hydrogen (secondary N) is 1. The maximum Gasteiger partial charge on any atom is 0.248 e. The Bertz CT molecular complexity index is 551. The second-order valence-corrected chi connectivity index (χ2v) is 7.34. The largest absolute Gasteiger partial charge is 0.357 e. The van der Waals surface area contributed by atoms with Crippen molar-refractivity contribution in [2.75, 3.05) is 19.6 Å². The van der Waals surface area contributed by atoms with Crippen molar-refractivity contribution in [2.24, 2.45) is 10.4 Å². The molecule has 1 aromatic rings. The number of aryl methyl sites for hydroxylation is 1. The Balaban J connectivity index is 0.00000225. The highest BCUT2D eigenvalue weighted by molar-refractivity contribution is 14.0. The van der Waals surface area contributed by atoms with Gasteiger partial charge in [-0.15, -0.1) is 24.0 Å². The predicted molar refractivity (Wildman–Crippen MR) is 110 cm³/mol. The Kier molecular flexibility index (Phi) is 7.96. The van der Waals surface area contributed by atoms with Crippen molar-refractivity contribution in [1.29, 1.82) is 0 Å². The molecule has 1 aliphatic carbocycles. The van der Waals surface area contributed by atoms with E-state index in [-0.39, 0.29) is 24.0 Å². The van der Waals surface area contributed by atoms with Crippen LogP contribution in [-0.4, -0.2) is 40.6 Å². The number of halogens is 1. The van der Waals surface area contributed by atoms with Gasteiger partial charge in [0.05, 0.1) is 0 Å². The van der Waals surface area contributed by atoms with Gasteiger partial charge in [0, 0.05) is 19.6 Å². The molecule has 0 amide bonds. The topological polar surface area (TPSA) is 66.5 Å². The van der Waals surface area contributed by atoms with E-state index < -0.39 is 0 Å². The van der Waals surface area contributed by atoms with Gasteiger partial charge in [0.1, 0.15) is 6.54 Å². The zero-order valence-corrected chi connectivity index (χ0v) is 17.9. The van der Waals surface area contributed by atoms with Crippen LogP contribution in [0.15, 0.2) is 9.52 Å². The first-order valence-electron chi connectivity index (χ1n) is 9.53. The summed E-state index contributed by atoms with van der Waals surface area (Å²) in [7, 11) is 0. The first-order valence-corrected chi connectivity index (χ1v) is 9.53. The van der Waals surface area contributed by atoms with Gasteiger partial charge in [-0.2, -0.15) is 4.98 Å². The lowest BCUT2D eigenvalue weighted by Crippen LogP contribution is -2.50. The average Bonchev–Trinajstić information content (AvgIpc) is 2.87. The number of rotatable bonds is 3. The van der Waals surface area contributed by atoms with Crippen LogP contribution in [0.2, 0.25) is 0 Å². The second kappa shape index (κ2) is 9.73. The van der Waals surface area contributed by atoms with Gasteiger partial charge in [0.25, 0.3) is 0 Å². The van der Waals surface area contributed by atoms with E-state index in [9.17, 15) is 0 Å². The Morgan fingerprint density at radius 3 is 2.56 bits per heavy atom. The van der Waals surface area contributed by atoms with Crippen LogP contribution in [0, 0.1) is 12.3 Å². The molecule has 1 spiro atoms. The molecular weight excluding hydrogens is 429 g/mol. The summed E-state index contributed by atoms with van der Waals surface area (Å²) in [5.41, 5.74) is 0.506. The second-order valence-electron chi connectivity index (χ2n) is 7.34. The summed E-state index contributed by atoms with van der Waals surface area (Å²) in [6.45, 7) is 7.52. The number of nitrogens with zero attached hydrogens (tertiary/aromatic N) is 4. The average molecular weight is 461 g/mol. The molecule has 0 aromatic carbocycles. The Morgan fingerprint density at radius 2 is 1.92 bits per heavy atom. The maximum atomic E-state index is 5.19. The molecule has 3 rings (SSSR count). The number of aromatic nitrogens is 2. The lowest BCUT2D eigenvalue weighted by atomic mass is 9.74. The molecule has 2 aliphatic rings. The summed E-state index contributed by atoms with van der Waals surface area (Å²) >= 11 is 0.